The number of rotatable bonds is 8. The molecule has 186 valence electrons. The average molecular weight is 568 g/mol. The molecule has 0 unspecified atom stereocenters. The molecular weight excluding hydrogens is 542 g/mol. The molecule has 0 aliphatic heterocycles. The third-order valence-electron chi connectivity index (χ3n) is 5.78. The van der Waals surface area contributed by atoms with Crippen molar-refractivity contribution >= 4 is 60.8 Å². The van der Waals surface area contributed by atoms with E-state index >= 15 is 0 Å². The lowest BCUT2D eigenvalue weighted by molar-refractivity contribution is 0.0529. The second-order valence-corrected chi connectivity index (χ2v) is 9.71. The van der Waals surface area contributed by atoms with Gasteiger partial charge in [0.1, 0.15) is 21.7 Å². The first-order chi connectivity index (χ1) is 17.4. The Bertz CT molecular complexity index is 1470. The molecule has 2 heterocycles. The van der Waals surface area contributed by atoms with Crippen molar-refractivity contribution in [3.8, 4) is 11.1 Å². The van der Waals surface area contributed by atoms with Crippen LogP contribution in [0.5, 0.6) is 0 Å². The molecule has 0 radical (unpaired) electrons. The van der Waals surface area contributed by atoms with Gasteiger partial charge in [-0.15, -0.1) is 11.3 Å². The van der Waals surface area contributed by atoms with Gasteiger partial charge in [0.2, 0.25) is 5.55 Å². The lowest BCUT2D eigenvalue weighted by Crippen LogP contribution is -2.22. The minimum absolute atomic E-state index is 0.0755. The van der Waals surface area contributed by atoms with Crippen LogP contribution in [0.15, 0.2) is 62.8 Å². The van der Waals surface area contributed by atoms with E-state index in [2.05, 4.69) is 40.0 Å². The first-order valence-corrected chi connectivity index (χ1v) is 13.3. The molecule has 0 saturated heterocycles. The van der Waals surface area contributed by atoms with E-state index in [0.29, 0.717) is 21.5 Å². The molecule has 2 aromatic heterocycles. The summed E-state index contributed by atoms with van der Waals surface area (Å²) in [5.41, 5.74) is 3.12. The van der Waals surface area contributed by atoms with Gasteiger partial charge in [0.25, 0.3) is 5.91 Å². The summed E-state index contributed by atoms with van der Waals surface area (Å²) in [4.78, 5) is 28.2. The number of fused-ring (bicyclic) bond motifs is 1. The Morgan fingerprint density at radius 1 is 1.08 bits per heavy atom. The van der Waals surface area contributed by atoms with E-state index in [-0.39, 0.29) is 23.3 Å². The van der Waals surface area contributed by atoms with E-state index < -0.39 is 11.9 Å². The highest BCUT2D eigenvalue weighted by molar-refractivity contribution is 9.10. The zero-order chi connectivity index (χ0) is 25.8. The summed E-state index contributed by atoms with van der Waals surface area (Å²) in [5.74, 6) is -1.06. The number of benzene rings is 2. The summed E-state index contributed by atoms with van der Waals surface area (Å²) in [6.45, 7) is 7.79. The summed E-state index contributed by atoms with van der Waals surface area (Å²) in [6.07, 6.45) is 0. The van der Waals surface area contributed by atoms with E-state index in [1.54, 1.807) is 13.0 Å². The number of nitrogens with one attached hydrogen (secondary N) is 2. The number of anilines is 2. The lowest BCUT2D eigenvalue weighted by Gasteiger charge is -2.21. The molecule has 4 aromatic rings. The Kier molecular flexibility index (Phi) is 7.91. The van der Waals surface area contributed by atoms with Gasteiger partial charge in [-0.3, -0.25) is 10.2 Å². The molecule has 0 saturated carbocycles. The molecule has 9 heteroatoms. The second kappa shape index (κ2) is 11.1. The maximum absolute atomic E-state index is 13.2. The minimum atomic E-state index is -0.534. The van der Waals surface area contributed by atoms with Crippen LogP contribution in [0.1, 0.15) is 41.5 Å². The number of hydrogen-bond acceptors (Lipinski definition) is 7. The quantitative estimate of drug-likeness (QED) is 0.231. The number of amides is 1. The molecule has 0 atom stereocenters. The van der Waals surface area contributed by atoms with Crippen LogP contribution < -0.4 is 15.8 Å². The zero-order valence-electron chi connectivity index (χ0n) is 20.2. The van der Waals surface area contributed by atoms with Crippen molar-refractivity contribution in [2.75, 3.05) is 29.9 Å². The van der Waals surface area contributed by atoms with Crippen LogP contribution in [0.3, 0.4) is 0 Å². The molecule has 36 heavy (non-hydrogen) atoms. The summed E-state index contributed by atoms with van der Waals surface area (Å²) >= 11 is 4.65. The van der Waals surface area contributed by atoms with Gasteiger partial charge in [0.15, 0.2) is 0 Å². The number of hydrogen-bond donors (Lipinski definition) is 2. The predicted molar refractivity (Wildman–Crippen MR) is 147 cm³/mol. The molecule has 2 aromatic carbocycles. The first kappa shape index (κ1) is 25.7. The van der Waals surface area contributed by atoms with Gasteiger partial charge < -0.3 is 19.4 Å². The summed E-state index contributed by atoms with van der Waals surface area (Å²) < 4.78 is 11.9. The fraction of sp³-hybridized carbons (Fsp3) is 0.222. The van der Waals surface area contributed by atoms with Crippen LogP contribution in [-0.4, -0.2) is 31.6 Å². The van der Waals surface area contributed by atoms with Gasteiger partial charge >= 0.3 is 5.97 Å². The smallest absolute Gasteiger partial charge is 0.341 e. The Hall–Kier alpha value is -3.43. The molecule has 1 amide bonds. The Labute approximate surface area is 221 Å². The highest BCUT2D eigenvalue weighted by atomic mass is 79.9. The fourth-order valence-electron chi connectivity index (χ4n) is 3.94. The summed E-state index contributed by atoms with van der Waals surface area (Å²) in [5, 5.41) is 14.0. The Morgan fingerprint density at radius 2 is 1.81 bits per heavy atom. The largest absolute Gasteiger partial charge is 0.462 e. The Morgan fingerprint density at radius 3 is 2.47 bits per heavy atom. The number of nitrogens with zero attached hydrogens (tertiary/aromatic N) is 1. The maximum Gasteiger partial charge on any atom is 0.341 e. The van der Waals surface area contributed by atoms with Crippen molar-refractivity contribution in [2.45, 2.75) is 20.8 Å². The highest BCUT2D eigenvalue weighted by Crippen LogP contribution is 2.37. The fourth-order valence-corrected chi connectivity index (χ4v) is 5.16. The van der Waals surface area contributed by atoms with Crippen molar-refractivity contribution in [1.82, 2.24) is 0 Å². The number of esters is 1. The first-order valence-electron chi connectivity index (χ1n) is 11.6. The van der Waals surface area contributed by atoms with Gasteiger partial charge in [-0.1, -0.05) is 28.1 Å². The molecule has 0 fully saturated rings. The molecule has 0 aliphatic rings. The molecular formula is C27H26BrN3O4S. The second-order valence-electron chi connectivity index (χ2n) is 7.92. The molecule has 4 rings (SSSR count). The average Bonchev–Trinajstić information content (AvgIpc) is 3.28. The third kappa shape index (κ3) is 5.22. The molecule has 7 nitrogen and oxygen atoms in total. The predicted octanol–water partition coefficient (Wildman–Crippen LogP) is 6.68. The van der Waals surface area contributed by atoms with Gasteiger partial charge in [-0.25, -0.2) is 4.79 Å². The Balaban J connectivity index is 1.69. The van der Waals surface area contributed by atoms with Crippen LogP contribution in [0.4, 0.5) is 10.7 Å². The standard InChI is InChI=1S/C27H26BrN3O4S/c1-4-31(5-2)19-12-9-17-13-20(24(29)35-22(17)14-19)25(32)30-26-23(27(33)34-6-3)21(15-36-26)16-7-10-18(28)11-8-16/h7-15,29H,4-6H2,1-3H3,(H,30,32). The van der Waals surface area contributed by atoms with Crippen LogP contribution in [0.25, 0.3) is 22.1 Å². The molecule has 0 aliphatic carbocycles. The number of ether oxygens (including phenoxy) is 1. The van der Waals surface area contributed by atoms with Crippen molar-refractivity contribution < 1.29 is 18.7 Å². The van der Waals surface area contributed by atoms with E-state index in [1.165, 1.54) is 11.3 Å². The third-order valence-corrected chi connectivity index (χ3v) is 7.20. The minimum Gasteiger partial charge on any atom is -0.462 e. The van der Waals surface area contributed by atoms with Crippen molar-refractivity contribution in [3.63, 3.8) is 0 Å². The zero-order valence-corrected chi connectivity index (χ0v) is 22.6. The van der Waals surface area contributed by atoms with E-state index in [0.717, 1.165) is 28.8 Å². The topological polar surface area (TPSA) is 95.6 Å². The molecule has 2 N–H and O–H groups in total. The normalized spacial score (nSPS) is 10.9. The molecule has 0 bridgehead atoms. The highest BCUT2D eigenvalue weighted by Gasteiger charge is 2.24. The van der Waals surface area contributed by atoms with Crippen molar-refractivity contribution in [1.29, 1.82) is 5.41 Å². The van der Waals surface area contributed by atoms with Crippen LogP contribution in [0, 0.1) is 5.41 Å². The SMILES string of the molecule is CCOC(=O)c1c(-c2ccc(Br)cc2)csc1NC(=O)c1cc2ccc(N(CC)CC)cc2oc1=N. The van der Waals surface area contributed by atoms with E-state index in [4.69, 9.17) is 14.6 Å². The number of thiophene rings is 1. The maximum atomic E-state index is 13.2. The monoisotopic (exact) mass is 567 g/mol. The van der Waals surface area contributed by atoms with Gasteiger partial charge in [0, 0.05) is 45.6 Å². The van der Waals surface area contributed by atoms with Gasteiger partial charge in [-0.2, -0.15) is 0 Å². The van der Waals surface area contributed by atoms with E-state index in [1.807, 2.05) is 47.8 Å². The van der Waals surface area contributed by atoms with Gasteiger partial charge in [0.05, 0.1) is 6.61 Å². The van der Waals surface area contributed by atoms with Crippen LogP contribution in [0.2, 0.25) is 0 Å². The number of carbonyl (C=O) groups is 2. The lowest BCUT2D eigenvalue weighted by atomic mass is 10.0. The van der Waals surface area contributed by atoms with Crippen molar-refractivity contribution in [3.05, 3.63) is 75.1 Å². The number of carbonyl (C=O) groups excluding carboxylic acids is 2. The summed E-state index contributed by atoms with van der Waals surface area (Å²) in [6, 6.07) is 14.9. The van der Waals surface area contributed by atoms with Crippen molar-refractivity contribution in [2.24, 2.45) is 0 Å². The van der Waals surface area contributed by atoms with Crippen LogP contribution in [-0.2, 0) is 4.74 Å². The number of halogens is 1. The van der Waals surface area contributed by atoms with E-state index in [9.17, 15) is 9.59 Å². The molecule has 0 spiro atoms. The van der Waals surface area contributed by atoms with Gasteiger partial charge in [-0.05, 0) is 56.7 Å². The summed E-state index contributed by atoms with van der Waals surface area (Å²) in [7, 11) is 0. The van der Waals surface area contributed by atoms with Crippen LogP contribution >= 0.6 is 27.3 Å².